The Hall–Kier alpha value is -1.34. The maximum Gasteiger partial charge on any atom is 0.354 e. The number of thiophene rings is 1. The second-order valence-electron chi connectivity index (χ2n) is 3.97. The van der Waals surface area contributed by atoms with Crippen molar-refractivity contribution >= 4 is 39.2 Å². The van der Waals surface area contributed by atoms with Crippen molar-refractivity contribution in [2.45, 2.75) is 13.0 Å². The topological polar surface area (TPSA) is 67.1 Å². The molecular formula is C11H10BrN3O2S. The lowest BCUT2D eigenvalue weighted by Gasteiger charge is -2.16. The molecule has 0 saturated heterocycles. The van der Waals surface area contributed by atoms with Crippen molar-refractivity contribution < 1.29 is 9.90 Å². The van der Waals surface area contributed by atoms with E-state index in [0.717, 1.165) is 21.6 Å². The minimum Gasteiger partial charge on any atom is -0.477 e. The van der Waals surface area contributed by atoms with Crippen molar-refractivity contribution in [2.24, 2.45) is 0 Å². The van der Waals surface area contributed by atoms with Crippen molar-refractivity contribution in [1.82, 2.24) is 9.55 Å². The first kappa shape index (κ1) is 11.7. The first-order chi connectivity index (χ1) is 8.66. The standard InChI is InChI=1S/C11H10BrN3O2S/c12-7-3-2-6(18-7)8-9(10(16)17)15-5-1-4-13-11(15)14-8/h2-3H,1,4-5H2,(H,13,14)(H,16,17). The average Bonchev–Trinajstić information content (AvgIpc) is 2.91. The maximum atomic E-state index is 11.4. The number of hydrogen-bond donors (Lipinski definition) is 2. The predicted octanol–water partition coefficient (Wildman–Crippen LogP) is 2.89. The highest BCUT2D eigenvalue weighted by Crippen LogP contribution is 2.35. The van der Waals surface area contributed by atoms with Gasteiger partial charge >= 0.3 is 5.97 Å². The van der Waals surface area contributed by atoms with Crippen LogP contribution in [0.25, 0.3) is 10.6 Å². The van der Waals surface area contributed by atoms with Crippen LogP contribution in [-0.4, -0.2) is 27.2 Å². The number of nitrogens with zero attached hydrogens (tertiary/aromatic N) is 2. The van der Waals surface area contributed by atoms with Crippen LogP contribution < -0.4 is 5.32 Å². The number of fused-ring (bicyclic) bond motifs is 1. The van der Waals surface area contributed by atoms with Gasteiger partial charge in [0.15, 0.2) is 5.69 Å². The van der Waals surface area contributed by atoms with E-state index in [4.69, 9.17) is 0 Å². The third-order valence-electron chi connectivity index (χ3n) is 2.82. The van der Waals surface area contributed by atoms with Crippen LogP contribution >= 0.6 is 27.3 Å². The number of aromatic carboxylic acids is 1. The van der Waals surface area contributed by atoms with Crippen LogP contribution in [0, 0.1) is 0 Å². The van der Waals surface area contributed by atoms with Crippen LogP contribution in [0.3, 0.4) is 0 Å². The summed E-state index contributed by atoms with van der Waals surface area (Å²) in [6.07, 6.45) is 0.914. The molecule has 2 aromatic heterocycles. The van der Waals surface area contributed by atoms with Crippen LogP contribution in [0.5, 0.6) is 0 Å². The molecule has 0 atom stereocenters. The molecule has 0 aromatic carbocycles. The number of anilines is 1. The van der Waals surface area contributed by atoms with Crippen molar-refractivity contribution in [3.63, 3.8) is 0 Å². The molecule has 0 bridgehead atoms. The van der Waals surface area contributed by atoms with Crippen LogP contribution in [0.4, 0.5) is 5.95 Å². The van der Waals surface area contributed by atoms with Crippen molar-refractivity contribution in [3.05, 3.63) is 21.6 Å². The largest absolute Gasteiger partial charge is 0.477 e. The Bertz CT molecular complexity index is 620. The molecule has 0 radical (unpaired) electrons. The molecule has 3 heterocycles. The van der Waals surface area contributed by atoms with Gasteiger partial charge in [-0.3, -0.25) is 0 Å². The molecular weight excluding hydrogens is 318 g/mol. The van der Waals surface area contributed by atoms with Gasteiger partial charge in [-0.2, -0.15) is 0 Å². The van der Waals surface area contributed by atoms with Crippen LogP contribution in [0.2, 0.25) is 0 Å². The minimum absolute atomic E-state index is 0.270. The Morgan fingerprint density at radius 3 is 3.06 bits per heavy atom. The lowest BCUT2D eigenvalue weighted by Crippen LogP contribution is -2.20. The van der Waals surface area contributed by atoms with E-state index in [2.05, 4.69) is 26.2 Å². The SMILES string of the molecule is O=C(O)c1c(-c2ccc(Br)s2)nc2n1CCCN2. The molecule has 18 heavy (non-hydrogen) atoms. The fraction of sp³-hybridized carbons (Fsp3) is 0.273. The van der Waals surface area contributed by atoms with E-state index in [1.807, 2.05) is 12.1 Å². The quantitative estimate of drug-likeness (QED) is 0.890. The number of imidazole rings is 1. The second-order valence-corrected chi connectivity index (χ2v) is 6.44. The summed E-state index contributed by atoms with van der Waals surface area (Å²) in [7, 11) is 0. The van der Waals surface area contributed by atoms with Gasteiger partial charge in [0, 0.05) is 13.1 Å². The zero-order chi connectivity index (χ0) is 12.7. The smallest absolute Gasteiger partial charge is 0.354 e. The lowest BCUT2D eigenvalue weighted by atomic mass is 10.2. The Labute approximate surface area is 116 Å². The summed E-state index contributed by atoms with van der Waals surface area (Å²) in [5.74, 6) is -0.282. The van der Waals surface area contributed by atoms with Gasteiger partial charge in [-0.25, -0.2) is 9.78 Å². The number of nitrogens with one attached hydrogen (secondary N) is 1. The maximum absolute atomic E-state index is 11.4. The van der Waals surface area contributed by atoms with E-state index in [1.165, 1.54) is 11.3 Å². The lowest BCUT2D eigenvalue weighted by molar-refractivity contribution is 0.0686. The summed E-state index contributed by atoms with van der Waals surface area (Å²) < 4.78 is 2.71. The normalized spacial score (nSPS) is 14.1. The molecule has 1 aliphatic rings. The van der Waals surface area contributed by atoms with Gasteiger partial charge in [0.25, 0.3) is 0 Å². The van der Waals surface area contributed by atoms with E-state index in [0.29, 0.717) is 18.2 Å². The summed E-state index contributed by atoms with van der Waals surface area (Å²) in [6, 6.07) is 3.78. The number of rotatable bonds is 2. The van der Waals surface area contributed by atoms with Gasteiger partial charge in [0.05, 0.1) is 8.66 Å². The third kappa shape index (κ3) is 1.83. The van der Waals surface area contributed by atoms with E-state index in [1.54, 1.807) is 4.57 Å². The molecule has 0 spiro atoms. The highest BCUT2D eigenvalue weighted by Gasteiger charge is 2.25. The number of aromatic nitrogens is 2. The molecule has 0 unspecified atom stereocenters. The van der Waals surface area contributed by atoms with E-state index >= 15 is 0 Å². The Morgan fingerprint density at radius 1 is 1.56 bits per heavy atom. The molecule has 0 fully saturated rings. The van der Waals surface area contributed by atoms with Crippen LogP contribution in [0.1, 0.15) is 16.9 Å². The zero-order valence-corrected chi connectivity index (χ0v) is 11.7. The van der Waals surface area contributed by atoms with Gasteiger partial charge in [0.1, 0.15) is 5.69 Å². The first-order valence-corrected chi connectivity index (χ1v) is 7.11. The van der Waals surface area contributed by atoms with Gasteiger partial charge in [0.2, 0.25) is 5.95 Å². The molecule has 2 N–H and O–H groups in total. The Morgan fingerprint density at radius 2 is 2.39 bits per heavy atom. The fourth-order valence-electron chi connectivity index (χ4n) is 2.07. The summed E-state index contributed by atoms with van der Waals surface area (Å²) in [4.78, 5) is 16.7. The molecule has 2 aromatic rings. The highest BCUT2D eigenvalue weighted by molar-refractivity contribution is 9.11. The molecule has 0 amide bonds. The summed E-state index contributed by atoms with van der Waals surface area (Å²) >= 11 is 4.87. The number of carboxylic acids is 1. The zero-order valence-electron chi connectivity index (χ0n) is 9.31. The van der Waals surface area contributed by atoms with Gasteiger partial charge in [-0.1, -0.05) is 0 Å². The van der Waals surface area contributed by atoms with Crippen molar-refractivity contribution in [3.8, 4) is 10.6 Å². The molecule has 1 aliphatic heterocycles. The van der Waals surface area contributed by atoms with Gasteiger partial charge in [-0.15, -0.1) is 11.3 Å². The summed E-state index contributed by atoms with van der Waals surface area (Å²) in [5.41, 5.74) is 0.814. The molecule has 0 aliphatic carbocycles. The highest BCUT2D eigenvalue weighted by atomic mass is 79.9. The van der Waals surface area contributed by atoms with Crippen molar-refractivity contribution in [2.75, 3.05) is 11.9 Å². The Kier molecular flexibility index (Phi) is 2.87. The van der Waals surface area contributed by atoms with E-state index in [9.17, 15) is 9.90 Å². The predicted molar refractivity (Wildman–Crippen MR) is 73.3 cm³/mol. The van der Waals surface area contributed by atoms with E-state index in [-0.39, 0.29) is 5.69 Å². The van der Waals surface area contributed by atoms with Crippen molar-refractivity contribution in [1.29, 1.82) is 0 Å². The van der Waals surface area contributed by atoms with Crippen LogP contribution in [0.15, 0.2) is 15.9 Å². The van der Waals surface area contributed by atoms with E-state index < -0.39 is 5.97 Å². The minimum atomic E-state index is -0.933. The van der Waals surface area contributed by atoms with Gasteiger partial charge in [-0.05, 0) is 34.5 Å². The first-order valence-electron chi connectivity index (χ1n) is 5.50. The third-order valence-corrected chi connectivity index (χ3v) is 4.45. The number of hydrogen-bond acceptors (Lipinski definition) is 4. The molecule has 3 rings (SSSR count). The number of carboxylic acid groups (broad SMARTS) is 1. The fourth-order valence-corrected chi connectivity index (χ4v) is 3.45. The van der Waals surface area contributed by atoms with Crippen LogP contribution in [-0.2, 0) is 6.54 Å². The summed E-state index contributed by atoms with van der Waals surface area (Å²) in [6.45, 7) is 1.53. The number of carbonyl (C=O) groups is 1. The molecule has 0 saturated carbocycles. The molecule has 94 valence electrons. The average molecular weight is 328 g/mol. The molecule has 7 heteroatoms. The molecule has 5 nitrogen and oxygen atoms in total. The Balaban J connectivity index is 2.19. The number of halogens is 1. The monoisotopic (exact) mass is 327 g/mol. The van der Waals surface area contributed by atoms with Gasteiger partial charge < -0.3 is 15.0 Å². The second kappa shape index (κ2) is 4.40. The summed E-state index contributed by atoms with van der Waals surface area (Å²) in [5, 5.41) is 12.5.